The number of nitrogens with zero attached hydrogens (tertiary/aromatic N) is 1. The third-order valence-electron chi connectivity index (χ3n) is 2.82. The second-order valence-corrected chi connectivity index (χ2v) is 3.82. The molecule has 0 unspecified atom stereocenters. The summed E-state index contributed by atoms with van der Waals surface area (Å²) in [6.45, 7) is 6.81. The zero-order valence-electron chi connectivity index (χ0n) is 9.28. The molecule has 0 aliphatic rings. The van der Waals surface area contributed by atoms with Crippen LogP contribution >= 0.6 is 0 Å². The molecule has 0 radical (unpaired) electrons. The molecule has 0 aliphatic heterocycles. The van der Waals surface area contributed by atoms with Crippen LogP contribution in [0, 0.1) is 39.0 Å². The quantitative estimate of drug-likeness (QED) is 0.694. The van der Waals surface area contributed by atoms with Gasteiger partial charge in [-0.2, -0.15) is 14.0 Å². The van der Waals surface area contributed by atoms with E-state index in [9.17, 15) is 8.78 Å². The number of halogens is 2. The molecule has 0 amide bonds. The minimum atomic E-state index is -3.40. The highest BCUT2D eigenvalue weighted by atomic mass is 19.3. The van der Waals surface area contributed by atoms with Gasteiger partial charge >= 0.3 is 5.92 Å². The average molecular weight is 209 g/mol. The maximum absolute atomic E-state index is 13.4. The van der Waals surface area contributed by atoms with Gasteiger partial charge in [0.1, 0.15) is 6.07 Å². The summed E-state index contributed by atoms with van der Waals surface area (Å²) in [4.78, 5) is 0. The van der Waals surface area contributed by atoms with Crippen LogP contribution in [0.15, 0.2) is 6.07 Å². The van der Waals surface area contributed by atoms with Gasteiger partial charge in [-0.3, -0.25) is 0 Å². The highest BCUT2D eigenvalue weighted by Gasteiger charge is 2.35. The Morgan fingerprint density at radius 3 is 1.80 bits per heavy atom. The van der Waals surface area contributed by atoms with Gasteiger partial charge in [-0.25, -0.2) is 0 Å². The largest absolute Gasteiger partial charge is 0.357 e. The number of aryl methyl sites for hydroxylation is 2. The molecule has 0 spiro atoms. The molecule has 0 bridgehead atoms. The van der Waals surface area contributed by atoms with Crippen molar-refractivity contribution in [1.29, 1.82) is 5.26 Å². The van der Waals surface area contributed by atoms with E-state index < -0.39 is 5.92 Å². The fourth-order valence-corrected chi connectivity index (χ4v) is 1.74. The molecular weight excluding hydrogens is 196 g/mol. The van der Waals surface area contributed by atoms with Crippen molar-refractivity contribution in [3.05, 3.63) is 33.9 Å². The van der Waals surface area contributed by atoms with E-state index in [0.29, 0.717) is 11.1 Å². The zero-order valence-corrected chi connectivity index (χ0v) is 9.28. The molecule has 0 fully saturated rings. The van der Waals surface area contributed by atoms with Crippen molar-refractivity contribution in [1.82, 2.24) is 0 Å². The van der Waals surface area contributed by atoms with E-state index in [2.05, 4.69) is 0 Å². The van der Waals surface area contributed by atoms with Gasteiger partial charge in [0.25, 0.3) is 0 Å². The van der Waals surface area contributed by atoms with Gasteiger partial charge < -0.3 is 0 Å². The third-order valence-corrected chi connectivity index (χ3v) is 2.82. The lowest BCUT2D eigenvalue weighted by molar-refractivity contribution is 0.0597. The second kappa shape index (κ2) is 3.62. The molecule has 0 heterocycles. The summed E-state index contributed by atoms with van der Waals surface area (Å²) in [6, 6.07) is 2.92. The minimum Gasteiger partial charge on any atom is -0.191 e. The highest BCUT2D eigenvalue weighted by molar-refractivity contribution is 5.48. The third kappa shape index (κ3) is 1.85. The Bertz CT molecular complexity index is 416. The van der Waals surface area contributed by atoms with Crippen molar-refractivity contribution in [3.63, 3.8) is 0 Å². The van der Waals surface area contributed by atoms with E-state index in [0.717, 1.165) is 17.2 Å². The predicted molar refractivity (Wildman–Crippen MR) is 54.9 cm³/mol. The van der Waals surface area contributed by atoms with Crippen molar-refractivity contribution in [3.8, 4) is 6.07 Å². The van der Waals surface area contributed by atoms with Gasteiger partial charge in [0.2, 0.25) is 0 Å². The number of hydrogen-bond donors (Lipinski definition) is 0. The van der Waals surface area contributed by atoms with Crippen LogP contribution in [0.25, 0.3) is 0 Å². The monoisotopic (exact) mass is 209 g/mol. The molecule has 0 saturated carbocycles. The van der Waals surface area contributed by atoms with Crippen LogP contribution in [0.2, 0.25) is 0 Å². The maximum Gasteiger partial charge on any atom is 0.357 e. The molecule has 80 valence electrons. The standard InChI is InChI=1S/C12H13F2N/c1-7-5-8(2)10(4)11(9(7)3)12(13,14)6-15/h5H,1-4H3. The highest BCUT2D eigenvalue weighted by Crippen LogP contribution is 2.35. The molecule has 0 aliphatic carbocycles. The lowest BCUT2D eigenvalue weighted by Gasteiger charge is -2.18. The van der Waals surface area contributed by atoms with Gasteiger partial charge in [0.15, 0.2) is 0 Å². The van der Waals surface area contributed by atoms with E-state index in [1.54, 1.807) is 27.7 Å². The Kier molecular flexibility index (Phi) is 2.81. The average Bonchev–Trinajstić information content (AvgIpc) is 2.15. The van der Waals surface area contributed by atoms with Crippen LogP contribution in [-0.4, -0.2) is 0 Å². The van der Waals surface area contributed by atoms with E-state index in [1.165, 1.54) is 0 Å². The van der Waals surface area contributed by atoms with Crippen LogP contribution in [-0.2, 0) is 5.92 Å². The molecule has 0 aromatic heterocycles. The van der Waals surface area contributed by atoms with Gasteiger partial charge in [-0.1, -0.05) is 6.07 Å². The van der Waals surface area contributed by atoms with E-state index >= 15 is 0 Å². The fraction of sp³-hybridized carbons (Fsp3) is 0.417. The Labute approximate surface area is 88.3 Å². The van der Waals surface area contributed by atoms with Crippen molar-refractivity contribution < 1.29 is 8.78 Å². The number of hydrogen-bond acceptors (Lipinski definition) is 1. The first-order valence-electron chi connectivity index (χ1n) is 4.68. The Morgan fingerprint density at radius 2 is 1.47 bits per heavy atom. The fourth-order valence-electron chi connectivity index (χ4n) is 1.74. The molecule has 3 heteroatoms. The molecule has 1 aromatic rings. The van der Waals surface area contributed by atoms with Crippen LogP contribution < -0.4 is 0 Å². The van der Waals surface area contributed by atoms with E-state index in [1.807, 2.05) is 6.07 Å². The lowest BCUT2D eigenvalue weighted by Crippen LogP contribution is -2.15. The number of benzene rings is 1. The summed E-state index contributed by atoms with van der Waals surface area (Å²) < 4.78 is 26.8. The van der Waals surface area contributed by atoms with Crippen molar-refractivity contribution in [2.24, 2.45) is 0 Å². The van der Waals surface area contributed by atoms with Gasteiger partial charge in [-0.15, -0.1) is 0 Å². The summed E-state index contributed by atoms with van der Waals surface area (Å²) in [5.74, 6) is -3.40. The van der Waals surface area contributed by atoms with E-state index in [4.69, 9.17) is 5.26 Å². The summed E-state index contributed by atoms with van der Waals surface area (Å²) in [7, 11) is 0. The smallest absolute Gasteiger partial charge is 0.191 e. The zero-order chi connectivity index (χ0) is 11.8. The van der Waals surface area contributed by atoms with Crippen LogP contribution in [0.4, 0.5) is 8.78 Å². The van der Waals surface area contributed by atoms with Gasteiger partial charge in [0, 0.05) is 5.56 Å². The number of rotatable bonds is 1. The first-order chi connectivity index (χ1) is 6.81. The predicted octanol–water partition coefficient (Wildman–Crippen LogP) is 3.54. The van der Waals surface area contributed by atoms with Gasteiger partial charge in [0.05, 0.1) is 0 Å². The molecule has 1 rings (SSSR count). The van der Waals surface area contributed by atoms with Crippen molar-refractivity contribution >= 4 is 0 Å². The molecular formula is C12H13F2N. The van der Waals surface area contributed by atoms with E-state index in [-0.39, 0.29) is 5.56 Å². The Balaban J connectivity index is 3.62. The molecule has 1 aromatic carbocycles. The summed E-state index contributed by atoms with van der Waals surface area (Å²) in [5.41, 5.74) is 2.46. The van der Waals surface area contributed by atoms with Crippen LogP contribution in [0.3, 0.4) is 0 Å². The second-order valence-electron chi connectivity index (χ2n) is 3.82. The Hall–Kier alpha value is -1.43. The topological polar surface area (TPSA) is 23.8 Å². The summed E-state index contributed by atoms with van der Waals surface area (Å²) in [6.07, 6.45) is 0. The molecule has 15 heavy (non-hydrogen) atoms. The molecule has 1 nitrogen and oxygen atoms in total. The van der Waals surface area contributed by atoms with Crippen LogP contribution in [0.5, 0.6) is 0 Å². The normalized spacial score (nSPS) is 11.3. The SMILES string of the molecule is Cc1cc(C)c(C)c(C(F)(F)C#N)c1C. The number of nitriles is 1. The first-order valence-corrected chi connectivity index (χ1v) is 4.68. The van der Waals surface area contributed by atoms with Crippen LogP contribution in [0.1, 0.15) is 27.8 Å². The first kappa shape index (κ1) is 11.6. The minimum absolute atomic E-state index is 0.137. The van der Waals surface area contributed by atoms with Crippen molar-refractivity contribution in [2.75, 3.05) is 0 Å². The molecule has 0 atom stereocenters. The molecule has 0 saturated heterocycles. The summed E-state index contributed by atoms with van der Waals surface area (Å²) >= 11 is 0. The molecule has 0 N–H and O–H groups in total. The maximum atomic E-state index is 13.4. The van der Waals surface area contributed by atoms with Gasteiger partial charge in [-0.05, 0) is 49.9 Å². The Morgan fingerprint density at radius 1 is 1.07 bits per heavy atom. The lowest BCUT2D eigenvalue weighted by atomic mass is 9.91. The number of alkyl halides is 2. The summed E-state index contributed by atoms with van der Waals surface area (Å²) in [5, 5.41) is 8.48. The van der Waals surface area contributed by atoms with Crippen molar-refractivity contribution in [2.45, 2.75) is 33.6 Å².